The van der Waals surface area contributed by atoms with Crippen LogP contribution in [0, 0.1) is 10.1 Å². The molecule has 0 unspecified atom stereocenters. The quantitative estimate of drug-likeness (QED) is 0.334. The number of nitrogens with zero attached hydrogens (tertiary/aromatic N) is 2. The molecule has 1 aliphatic heterocycles. The fourth-order valence-electron chi connectivity index (χ4n) is 2.58. The summed E-state index contributed by atoms with van der Waals surface area (Å²) >= 11 is 3.31. The SMILES string of the molecule is COc1ccc(C=C2C(=O)NC(=O)N(c3cccc([N+](=O)[O-])c3)C2=O)cc1Br. The zero-order valence-electron chi connectivity index (χ0n) is 14.3. The van der Waals surface area contributed by atoms with Gasteiger partial charge in [-0.1, -0.05) is 12.1 Å². The van der Waals surface area contributed by atoms with E-state index in [4.69, 9.17) is 4.74 Å². The Labute approximate surface area is 166 Å². The van der Waals surface area contributed by atoms with E-state index < -0.39 is 22.8 Å². The summed E-state index contributed by atoms with van der Waals surface area (Å²) in [5.41, 5.74) is -0.0895. The van der Waals surface area contributed by atoms with Gasteiger partial charge in [-0.05, 0) is 45.8 Å². The second kappa shape index (κ2) is 7.61. The number of non-ortho nitro benzene ring substituents is 1. The summed E-state index contributed by atoms with van der Waals surface area (Å²) in [5, 5.41) is 13.0. The van der Waals surface area contributed by atoms with Crippen molar-refractivity contribution < 1.29 is 24.0 Å². The Bertz CT molecular complexity index is 1050. The van der Waals surface area contributed by atoms with Gasteiger partial charge in [-0.15, -0.1) is 0 Å². The van der Waals surface area contributed by atoms with Gasteiger partial charge >= 0.3 is 6.03 Å². The van der Waals surface area contributed by atoms with Crippen molar-refractivity contribution in [3.63, 3.8) is 0 Å². The Morgan fingerprint density at radius 1 is 1.18 bits per heavy atom. The first kappa shape index (κ1) is 19.2. The van der Waals surface area contributed by atoms with Gasteiger partial charge in [0.15, 0.2) is 0 Å². The van der Waals surface area contributed by atoms with E-state index in [1.54, 1.807) is 18.2 Å². The third-order valence-electron chi connectivity index (χ3n) is 3.89. The van der Waals surface area contributed by atoms with Crippen LogP contribution in [0.15, 0.2) is 52.5 Å². The molecule has 1 heterocycles. The van der Waals surface area contributed by atoms with Crippen LogP contribution in [-0.2, 0) is 9.59 Å². The lowest BCUT2D eigenvalue weighted by molar-refractivity contribution is -0.384. The van der Waals surface area contributed by atoms with Crippen molar-refractivity contribution in [1.29, 1.82) is 0 Å². The van der Waals surface area contributed by atoms with Gasteiger partial charge in [0.05, 0.1) is 22.2 Å². The number of nitro benzene ring substituents is 1. The molecule has 2 aromatic rings. The van der Waals surface area contributed by atoms with Crippen molar-refractivity contribution in [3.05, 3.63) is 68.2 Å². The van der Waals surface area contributed by atoms with Crippen molar-refractivity contribution in [2.24, 2.45) is 0 Å². The van der Waals surface area contributed by atoms with Gasteiger partial charge in [-0.2, -0.15) is 0 Å². The lowest BCUT2D eigenvalue weighted by Gasteiger charge is -2.26. The van der Waals surface area contributed by atoms with E-state index in [0.717, 1.165) is 6.07 Å². The molecule has 0 spiro atoms. The zero-order valence-corrected chi connectivity index (χ0v) is 15.9. The van der Waals surface area contributed by atoms with Crippen molar-refractivity contribution in [3.8, 4) is 5.75 Å². The zero-order chi connectivity index (χ0) is 20.4. The summed E-state index contributed by atoms with van der Waals surface area (Å²) in [7, 11) is 1.50. The number of amides is 4. The second-order valence-corrected chi connectivity index (χ2v) is 6.48. The first-order valence-electron chi connectivity index (χ1n) is 7.81. The molecular formula is C18H12BrN3O6. The number of urea groups is 1. The van der Waals surface area contributed by atoms with Crippen LogP contribution in [0.25, 0.3) is 6.08 Å². The molecular weight excluding hydrogens is 434 g/mol. The fourth-order valence-corrected chi connectivity index (χ4v) is 3.14. The number of nitrogens with one attached hydrogen (secondary N) is 1. The van der Waals surface area contributed by atoms with Crippen LogP contribution < -0.4 is 15.0 Å². The minimum Gasteiger partial charge on any atom is -0.496 e. The number of halogens is 1. The van der Waals surface area contributed by atoms with Crippen LogP contribution in [0.5, 0.6) is 5.75 Å². The number of imide groups is 2. The highest BCUT2D eigenvalue weighted by atomic mass is 79.9. The number of carbonyl (C=O) groups is 3. The molecule has 0 bridgehead atoms. The Morgan fingerprint density at radius 2 is 1.93 bits per heavy atom. The summed E-state index contributed by atoms with van der Waals surface area (Å²) in [4.78, 5) is 48.2. The highest BCUT2D eigenvalue weighted by Crippen LogP contribution is 2.28. The second-order valence-electron chi connectivity index (χ2n) is 5.63. The lowest BCUT2D eigenvalue weighted by Crippen LogP contribution is -2.54. The predicted molar refractivity (Wildman–Crippen MR) is 103 cm³/mol. The number of hydrogen-bond donors (Lipinski definition) is 1. The third-order valence-corrected chi connectivity index (χ3v) is 4.51. The summed E-state index contributed by atoms with van der Waals surface area (Å²) in [5.74, 6) is -1.18. The summed E-state index contributed by atoms with van der Waals surface area (Å²) in [6.07, 6.45) is 1.32. The van der Waals surface area contributed by atoms with Gasteiger partial charge in [0.1, 0.15) is 11.3 Å². The molecule has 0 aliphatic carbocycles. The number of benzene rings is 2. The largest absolute Gasteiger partial charge is 0.496 e. The average Bonchev–Trinajstić information content (AvgIpc) is 2.65. The van der Waals surface area contributed by atoms with Gasteiger partial charge in [0.25, 0.3) is 17.5 Å². The number of rotatable bonds is 4. The van der Waals surface area contributed by atoms with Crippen LogP contribution >= 0.6 is 15.9 Å². The molecule has 2 aromatic carbocycles. The van der Waals surface area contributed by atoms with E-state index in [2.05, 4.69) is 21.2 Å². The monoisotopic (exact) mass is 445 g/mol. The van der Waals surface area contributed by atoms with Gasteiger partial charge in [-0.3, -0.25) is 25.0 Å². The van der Waals surface area contributed by atoms with E-state index in [0.29, 0.717) is 20.7 Å². The minimum absolute atomic E-state index is 0.0222. The van der Waals surface area contributed by atoms with Crippen LogP contribution in [0.4, 0.5) is 16.2 Å². The molecule has 1 N–H and O–H groups in total. The fraction of sp³-hybridized carbons (Fsp3) is 0.0556. The number of barbiturate groups is 1. The van der Waals surface area contributed by atoms with Crippen LogP contribution in [-0.4, -0.2) is 29.9 Å². The van der Waals surface area contributed by atoms with Gasteiger partial charge in [0, 0.05) is 12.1 Å². The van der Waals surface area contributed by atoms with Crippen LogP contribution in [0.3, 0.4) is 0 Å². The molecule has 0 radical (unpaired) electrons. The highest BCUT2D eigenvalue weighted by Gasteiger charge is 2.37. The maximum atomic E-state index is 12.8. The topological polar surface area (TPSA) is 119 Å². The molecule has 1 saturated heterocycles. The Kier molecular flexibility index (Phi) is 5.23. The normalized spacial score (nSPS) is 15.6. The highest BCUT2D eigenvalue weighted by molar-refractivity contribution is 9.10. The predicted octanol–water partition coefficient (Wildman–Crippen LogP) is 3.03. The molecule has 0 aromatic heterocycles. The minimum atomic E-state index is -0.983. The van der Waals surface area contributed by atoms with E-state index in [1.807, 2.05) is 0 Å². The lowest BCUT2D eigenvalue weighted by atomic mass is 10.1. The van der Waals surface area contributed by atoms with Crippen molar-refractivity contribution in [2.75, 3.05) is 12.0 Å². The Hall–Kier alpha value is -3.53. The average molecular weight is 446 g/mol. The smallest absolute Gasteiger partial charge is 0.335 e. The van der Waals surface area contributed by atoms with Gasteiger partial charge in [0.2, 0.25) is 0 Å². The van der Waals surface area contributed by atoms with Crippen LogP contribution in [0.2, 0.25) is 0 Å². The molecule has 4 amide bonds. The summed E-state index contributed by atoms with van der Waals surface area (Å²) in [6.45, 7) is 0. The summed E-state index contributed by atoms with van der Waals surface area (Å²) < 4.78 is 5.74. The van der Waals surface area contributed by atoms with Crippen molar-refractivity contribution in [2.45, 2.75) is 0 Å². The van der Waals surface area contributed by atoms with E-state index in [9.17, 15) is 24.5 Å². The Morgan fingerprint density at radius 3 is 2.57 bits per heavy atom. The standard InChI is InChI=1S/C18H12BrN3O6/c1-28-15-6-5-10(8-14(15)19)7-13-16(23)20-18(25)21(17(13)24)11-3-2-4-12(9-11)22(26)27/h2-9H,1H3,(H,20,23,25). The maximum absolute atomic E-state index is 12.8. The molecule has 1 fully saturated rings. The van der Waals surface area contributed by atoms with Gasteiger partial charge in [-0.25, -0.2) is 9.69 Å². The number of ether oxygens (including phenoxy) is 1. The molecule has 0 atom stereocenters. The van der Waals surface area contributed by atoms with E-state index >= 15 is 0 Å². The third kappa shape index (κ3) is 3.62. The number of methoxy groups -OCH3 is 1. The Balaban J connectivity index is 2.02. The first-order chi connectivity index (χ1) is 13.3. The molecule has 10 heteroatoms. The van der Waals surface area contributed by atoms with E-state index in [1.165, 1.54) is 31.4 Å². The number of carbonyl (C=O) groups excluding carboxylic acids is 3. The maximum Gasteiger partial charge on any atom is 0.335 e. The molecule has 1 aliphatic rings. The molecule has 28 heavy (non-hydrogen) atoms. The van der Waals surface area contributed by atoms with Crippen molar-refractivity contribution >= 4 is 51.2 Å². The first-order valence-corrected chi connectivity index (χ1v) is 8.60. The van der Waals surface area contributed by atoms with Gasteiger partial charge < -0.3 is 4.74 Å². The number of hydrogen-bond acceptors (Lipinski definition) is 6. The molecule has 0 saturated carbocycles. The van der Waals surface area contributed by atoms with Crippen LogP contribution in [0.1, 0.15) is 5.56 Å². The van der Waals surface area contributed by atoms with Crippen molar-refractivity contribution in [1.82, 2.24) is 5.32 Å². The summed E-state index contributed by atoms with van der Waals surface area (Å²) in [6, 6.07) is 8.94. The molecule has 3 rings (SSSR count). The van der Waals surface area contributed by atoms with E-state index in [-0.39, 0.29) is 16.9 Å². The molecule has 142 valence electrons. The molecule has 9 nitrogen and oxygen atoms in total. The number of anilines is 1. The number of nitro groups is 1.